The van der Waals surface area contributed by atoms with E-state index in [1.807, 2.05) is 0 Å². The summed E-state index contributed by atoms with van der Waals surface area (Å²) in [5.41, 5.74) is 0. The third kappa shape index (κ3) is 2.88. The van der Waals surface area contributed by atoms with Gasteiger partial charge in [-0.25, -0.2) is 4.98 Å². The number of halogens is 2. The fraction of sp³-hybridized carbons (Fsp3) is 0. The molecule has 1 N–H and O–H groups in total. The highest BCUT2D eigenvalue weighted by Crippen LogP contribution is 1.62. The molecule has 0 unspecified atom stereocenters. The van der Waals surface area contributed by atoms with Crippen LogP contribution in [0.25, 0.3) is 0 Å². The van der Waals surface area contributed by atoms with E-state index in [-0.39, 0.29) is 9.41 Å². The number of aromatic nitrogens is 2. The van der Waals surface area contributed by atoms with Gasteiger partial charge in [0.1, 0.15) is 0 Å². The second-order valence-corrected chi connectivity index (χ2v) is 0.761. The Kier molecular flexibility index (Phi) is 6.82. The molecule has 1 heterocycles. The molecule has 1 rings (SSSR count). The quantitative estimate of drug-likeness (QED) is 0.521. The maximum absolute atomic E-state index is 3.67. The number of aromatic amines is 1. The summed E-state index contributed by atoms with van der Waals surface area (Å²) < 4.78 is 0. The van der Waals surface area contributed by atoms with Crippen LogP contribution in [-0.2, 0) is 0 Å². The topological polar surface area (TPSA) is 28.7 Å². The summed E-state index contributed by atoms with van der Waals surface area (Å²) in [6.45, 7) is 0. The van der Waals surface area contributed by atoms with Gasteiger partial charge in [-0.2, -0.15) is 0 Å². The van der Waals surface area contributed by atoms with Crippen LogP contribution in [0.5, 0.6) is 0 Å². The molecule has 0 aliphatic rings. The van der Waals surface area contributed by atoms with Crippen LogP contribution in [-0.4, -0.2) is 9.97 Å². The third-order valence-electron chi connectivity index (χ3n) is 0.406. The van der Waals surface area contributed by atoms with Crippen LogP contribution in [0.4, 0.5) is 9.41 Å². The molecular formula is C3H6F2N2. The summed E-state index contributed by atoms with van der Waals surface area (Å²) in [7, 11) is 0. The summed E-state index contributed by atoms with van der Waals surface area (Å²) >= 11 is 0. The van der Waals surface area contributed by atoms with Gasteiger partial charge >= 0.3 is 0 Å². The number of hydrogen-bond acceptors (Lipinski definition) is 1. The zero-order valence-electron chi connectivity index (χ0n) is 3.50. The zero-order valence-corrected chi connectivity index (χ0v) is 3.50. The molecular weight excluding hydrogens is 102 g/mol. The van der Waals surface area contributed by atoms with Crippen molar-refractivity contribution in [1.82, 2.24) is 9.97 Å². The van der Waals surface area contributed by atoms with Gasteiger partial charge in [0.25, 0.3) is 0 Å². The monoisotopic (exact) mass is 108 g/mol. The molecule has 0 amide bonds. The molecule has 7 heavy (non-hydrogen) atoms. The Morgan fingerprint density at radius 3 is 2.14 bits per heavy atom. The maximum Gasteiger partial charge on any atom is 0.0919 e. The summed E-state index contributed by atoms with van der Waals surface area (Å²) in [5.74, 6) is 0. The lowest BCUT2D eigenvalue weighted by atomic mass is 11.0. The van der Waals surface area contributed by atoms with E-state index in [1.165, 1.54) is 0 Å². The predicted octanol–water partition coefficient (Wildman–Crippen LogP) is 0.715. The summed E-state index contributed by atoms with van der Waals surface area (Å²) in [6, 6.07) is 0. The molecule has 4 heteroatoms. The predicted molar refractivity (Wildman–Crippen MR) is 23.6 cm³/mol. The maximum atomic E-state index is 3.67. The van der Waals surface area contributed by atoms with Gasteiger partial charge in [-0.05, 0) is 0 Å². The smallest absolute Gasteiger partial charge is 0.0919 e. The second kappa shape index (κ2) is 5.07. The van der Waals surface area contributed by atoms with Crippen molar-refractivity contribution in [2.75, 3.05) is 0 Å². The largest absolute Gasteiger partial charge is 0.351 e. The van der Waals surface area contributed by atoms with Crippen LogP contribution in [0.2, 0.25) is 0 Å². The minimum atomic E-state index is 0. The molecule has 1 aromatic rings. The van der Waals surface area contributed by atoms with Gasteiger partial charge in [0, 0.05) is 12.4 Å². The lowest BCUT2D eigenvalue weighted by molar-refractivity contribution is 1.11. The van der Waals surface area contributed by atoms with Crippen molar-refractivity contribution in [3.63, 3.8) is 0 Å². The summed E-state index contributed by atoms with van der Waals surface area (Å²) in [6.07, 6.45) is 5.08. The molecule has 0 spiro atoms. The number of nitrogens with one attached hydrogen (secondary N) is 1. The van der Waals surface area contributed by atoms with E-state index in [9.17, 15) is 0 Å². The van der Waals surface area contributed by atoms with Crippen LogP contribution in [0.15, 0.2) is 18.7 Å². The normalized spacial score (nSPS) is 5.71. The number of hydrogen-bond donors (Lipinski definition) is 1. The van der Waals surface area contributed by atoms with E-state index in [4.69, 9.17) is 0 Å². The molecule has 0 aliphatic carbocycles. The molecule has 1 aromatic heterocycles. The van der Waals surface area contributed by atoms with Crippen molar-refractivity contribution >= 4 is 0 Å². The Labute approximate surface area is 39.3 Å². The Balaban J connectivity index is 0. The van der Waals surface area contributed by atoms with Crippen molar-refractivity contribution in [3.05, 3.63) is 18.7 Å². The molecule has 0 radical (unpaired) electrons. The first-order valence-corrected chi connectivity index (χ1v) is 1.43. The minimum Gasteiger partial charge on any atom is -0.351 e. The van der Waals surface area contributed by atoms with Crippen LogP contribution in [0.3, 0.4) is 0 Å². The molecule has 0 saturated heterocycles. The number of rotatable bonds is 0. The molecule has 0 aliphatic heterocycles. The van der Waals surface area contributed by atoms with Crippen molar-refractivity contribution in [2.45, 2.75) is 0 Å². The first-order valence-electron chi connectivity index (χ1n) is 1.43. The van der Waals surface area contributed by atoms with Gasteiger partial charge in [-0.1, -0.05) is 0 Å². The number of imidazole rings is 1. The SMILES string of the molecule is F.F.c1c[nH]cn1. The van der Waals surface area contributed by atoms with Gasteiger partial charge in [0.05, 0.1) is 6.33 Å². The van der Waals surface area contributed by atoms with Gasteiger partial charge in [0.2, 0.25) is 0 Å². The highest BCUT2D eigenvalue weighted by Gasteiger charge is 1.56. The Hall–Kier alpha value is -0.930. The lowest BCUT2D eigenvalue weighted by Crippen LogP contribution is -1.44. The van der Waals surface area contributed by atoms with Crippen LogP contribution in [0.1, 0.15) is 0 Å². The van der Waals surface area contributed by atoms with Gasteiger partial charge in [-0.15, -0.1) is 0 Å². The van der Waals surface area contributed by atoms with E-state index in [2.05, 4.69) is 9.97 Å². The molecule has 2 nitrogen and oxygen atoms in total. The van der Waals surface area contributed by atoms with E-state index in [0.717, 1.165) is 0 Å². The highest BCUT2D eigenvalue weighted by atomic mass is 19.0. The minimum absolute atomic E-state index is 0. The summed E-state index contributed by atoms with van der Waals surface area (Å²) in [5, 5.41) is 0. The van der Waals surface area contributed by atoms with Crippen molar-refractivity contribution in [1.29, 1.82) is 0 Å². The fourth-order valence-electron chi connectivity index (χ4n) is 0.215. The summed E-state index contributed by atoms with van der Waals surface area (Å²) in [4.78, 5) is 6.42. The van der Waals surface area contributed by atoms with Crippen LogP contribution in [0, 0.1) is 0 Å². The third-order valence-corrected chi connectivity index (χ3v) is 0.406. The van der Waals surface area contributed by atoms with E-state index in [1.54, 1.807) is 18.7 Å². The Morgan fingerprint density at radius 2 is 2.00 bits per heavy atom. The Morgan fingerprint density at radius 1 is 1.29 bits per heavy atom. The molecule has 0 saturated carbocycles. The van der Waals surface area contributed by atoms with Gasteiger partial charge in [0.15, 0.2) is 0 Å². The first kappa shape index (κ1) is 9.42. The van der Waals surface area contributed by atoms with Crippen molar-refractivity contribution in [2.24, 2.45) is 0 Å². The molecule has 0 aromatic carbocycles. The van der Waals surface area contributed by atoms with Crippen molar-refractivity contribution in [3.8, 4) is 0 Å². The van der Waals surface area contributed by atoms with E-state index in [0.29, 0.717) is 0 Å². The van der Waals surface area contributed by atoms with E-state index < -0.39 is 0 Å². The molecule has 0 bridgehead atoms. The lowest BCUT2D eigenvalue weighted by Gasteiger charge is -1.46. The van der Waals surface area contributed by atoms with E-state index >= 15 is 0 Å². The second-order valence-electron chi connectivity index (χ2n) is 0.761. The zero-order chi connectivity index (χ0) is 3.54. The van der Waals surface area contributed by atoms with Crippen LogP contribution < -0.4 is 0 Å². The number of H-pyrrole nitrogens is 1. The van der Waals surface area contributed by atoms with Crippen molar-refractivity contribution < 1.29 is 9.41 Å². The number of nitrogens with zero attached hydrogens (tertiary/aromatic N) is 1. The Bertz CT molecular complexity index is 67.4. The van der Waals surface area contributed by atoms with Gasteiger partial charge < -0.3 is 4.98 Å². The highest BCUT2D eigenvalue weighted by molar-refractivity contribution is 4.64. The fourth-order valence-corrected chi connectivity index (χ4v) is 0.215. The average molecular weight is 108 g/mol. The standard InChI is InChI=1S/C3H4N2.2FH/c1-2-5-3-4-1;;/h1-3H,(H,4,5);2*1H. The molecule has 0 atom stereocenters. The van der Waals surface area contributed by atoms with Crippen LogP contribution >= 0.6 is 0 Å². The first-order chi connectivity index (χ1) is 2.50. The average Bonchev–Trinajstić information content (AvgIpc) is 1.76. The molecule has 0 fully saturated rings. The van der Waals surface area contributed by atoms with Gasteiger partial charge in [-0.3, -0.25) is 9.41 Å². The molecule has 42 valence electrons.